The molecule has 0 radical (unpaired) electrons. The number of nitrogens with one attached hydrogen (secondary N) is 1. The second-order valence-corrected chi connectivity index (χ2v) is 7.06. The fourth-order valence-corrected chi connectivity index (χ4v) is 3.64. The van der Waals surface area contributed by atoms with Crippen LogP contribution in [0.3, 0.4) is 0 Å². The highest BCUT2D eigenvalue weighted by molar-refractivity contribution is 6.33. The van der Waals surface area contributed by atoms with Crippen molar-refractivity contribution in [3.63, 3.8) is 0 Å². The van der Waals surface area contributed by atoms with E-state index >= 15 is 0 Å². The largest absolute Gasteiger partial charge is 0.381 e. The number of terminal acetylenes is 1. The van der Waals surface area contributed by atoms with E-state index in [-0.39, 0.29) is 0 Å². The van der Waals surface area contributed by atoms with Crippen molar-refractivity contribution in [3.05, 3.63) is 23.2 Å². The maximum absolute atomic E-state index is 12.4. The Hall–Kier alpha value is -1.99. The first kappa shape index (κ1) is 16.9. The van der Waals surface area contributed by atoms with Gasteiger partial charge in [0.15, 0.2) is 0 Å². The van der Waals surface area contributed by atoms with Gasteiger partial charge in [-0.2, -0.15) is 0 Å². The number of rotatable bonds is 5. The van der Waals surface area contributed by atoms with Crippen molar-refractivity contribution in [2.75, 3.05) is 10.2 Å². The zero-order valence-electron chi connectivity index (χ0n) is 13.6. The highest BCUT2D eigenvalue weighted by Crippen LogP contribution is 2.38. The third-order valence-electron chi connectivity index (χ3n) is 4.86. The number of amides is 1. The third kappa shape index (κ3) is 3.27. The molecule has 5 heteroatoms. The van der Waals surface area contributed by atoms with E-state index in [1.165, 1.54) is 4.90 Å². The Morgan fingerprint density at radius 3 is 2.58 bits per heavy atom. The molecule has 2 fully saturated rings. The molecule has 4 nitrogen and oxygen atoms in total. The number of hydrogen-bond donors (Lipinski definition) is 1. The van der Waals surface area contributed by atoms with Crippen LogP contribution in [0.2, 0.25) is 5.02 Å². The summed E-state index contributed by atoms with van der Waals surface area (Å²) in [5.74, 6) is 1.67. The molecule has 0 bridgehead atoms. The Morgan fingerprint density at radius 1 is 1.33 bits per heavy atom. The summed E-state index contributed by atoms with van der Waals surface area (Å²) in [5, 5.41) is 3.88. The van der Waals surface area contributed by atoms with E-state index in [0.717, 1.165) is 44.1 Å². The normalized spacial score (nSPS) is 19.2. The summed E-state index contributed by atoms with van der Waals surface area (Å²) >= 11 is 6.38. The molecular weight excluding hydrogens is 324 g/mol. The van der Waals surface area contributed by atoms with Crippen LogP contribution < -0.4 is 10.2 Å². The second kappa shape index (κ2) is 6.86. The Balaban J connectivity index is 1.96. The van der Waals surface area contributed by atoms with Crippen molar-refractivity contribution in [1.29, 1.82) is 0 Å². The van der Waals surface area contributed by atoms with Crippen molar-refractivity contribution < 1.29 is 9.59 Å². The van der Waals surface area contributed by atoms with Crippen LogP contribution in [0.25, 0.3) is 0 Å². The van der Waals surface area contributed by atoms with Crippen LogP contribution in [0, 0.1) is 12.3 Å². The first-order chi connectivity index (χ1) is 11.6. The molecule has 1 N–H and O–H groups in total. The van der Waals surface area contributed by atoms with Gasteiger partial charge >= 0.3 is 5.91 Å². The van der Waals surface area contributed by atoms with Crippen LogP contribution in [-0.2, 0) is 9.59 Å². The topological polar surface area (TPSA) is 49.4 Å². The molecule has 1 amide bonds. The Morgan fingerprint density at radius 2 is 2.04 bits per heavy atom. The zero-order valence-corrected chi connectivity index (χ0v) is 14.3. The molecule has 2 aliphatic carbocycles. The summed E-state index contributed by atoms with van der Waals surface area (Å²) in [4.78, 5) is 25.8. The van der Waals surface area contributed by atoms with E-state index in [9.17, 15) is 9.59 Å². The number of hydrogen-bond acceptors (Lipinski definition) is 3. The van der Waals surface area contributed by atoms with Gasteiger partial charge in [0, 0.05) is 11.7 Å². The Kier molecular flexibility index (Phi) is 4.82. The summed E-state index contributed by atoms with van der Waals surface area (Å²) in [7, 11) is 0. The number of carbonyl (C=O) groups excluding carboxylic acids is 2. The smallest absolute Gasteiger partial charge is 0.303 e. The molecule has 0 spiro atoms. The monoisotopic (exact) mass is 344 g/mol. The van der Waals surface area contributed by atoms with Gasteiger partial charge in [0.05, 0.1) is 10.7 Å². The third-order valence-corrected chi connectivity index (χ3v) is 5.17. The predicted molar refractivity (Wildman–Crippen MR) is 96.3 cm³/mol. The van der Waals surface area contributed by atoms with Crippen LogP contribution in [-0.4, -0.2) is 23.8 Å². The molecule has 1 aromatic rings. The molecule has 24 heavy (non-hydrogen) atoms. The SMILES string of the molecule is C#CC(=O)N(c1ccc(NC2CC2)c(Cl)c1)C1(C=O)CCCCC1. The van der Waals surface area contributed by atoms with Crippen LogP contribution in [0.1, 0.15) is 44.9 Å². The van der Waals surface area contributed by atoms with Crippen molar-refractivity contribution in [3.8, 4) is 12.3 Å². The molecule has 2 aliphatic rings. The minimum atomic E-state index is -0.865. The highest BCUT2D eigenvalue weighted by atomic mass is 35.5. The lowest BCUT2D eigenvalue weighted by Crippen LogP contribution is -2.54. The summed E-state index contributed by atoms with van der Waals surface area (Å²) < 4.78 is 0. The minimum absolute atomic E-state index is 0.483. The van der Waals surface area contributed by atoms with Gasteiger partial charge in [0.25, 0.3) is 0 Å². The fourth-order valence-electron chi connectivity index (χ4n) is 3.41. The van der Waals surface area contributed by atoms with Crippen LogP contribution >= 0.6 is 11.6 Å². The molecule has 0 atom stereocenters. The maximum atomic E-state index is 12.4. The van der Waals surface area contributed by atoms with Crippen LogP contribution in [0.15, 0.2) is 18.2 Å². The molecule has 0 aromatic heterocycles. The van der Waals surface area contributed by atoms with E-state index < -0.39 is 11.4 Å². The first-order valence-corrected chi connectivity index (χ1v) is 8.81. The second-order valence-electron chi connectivity index (χ2n) is 6.65. The molecule has 2 saturated carbocycles. The van der Waals surface area contributed by atoms with Gasteiger partial charge in [-0.3, -0.25) is 9.69 Å². The van der Waals surface area contributed by atoms with Crippen molar-refractivity contribution in [1.82, 2.24) is 0 Å². The Bertz CT molecular complexity index is 685. The number of aldehydes is 1. The lowest BCUT2D eigenvalue weighted by molar-refractivity contribution is -0.120. The van der Waals surface area contributed by atoms with Crippen LogP contribution in [0.4, 0.5) is 11.4 Å². The Labute approximate surface area is 147 Å². The summed E-state index contributed by atoms with van der Waals surface area (Å²) in [6.07, 6.45) is 12.7. The molecule has 0 heterocycles. The number of halogens is 1. The number of nitrogens with zero attached hydrogens (tertiary/aromatic N) is 1. The highest BCUT2D eigenvalue weighted by Gasteiger charge is 2.41. The van der Waals surface area contributed by atoms with Gasteiger partial charge < -0.3 is 10.1 Å². The van der Waals surface area contributed by atoms with Crippen molar-refractivity contribution in [2.45, 2.75) is 56.5 Å². The molecule has 0 unspecified atom stereocenters. The quantitative estimate of drug-likeness (QED) is 0.653. The average molecular weight is 345 g/mol. The summed E-state index contributed by atoms with van der Waals surface area (Å²) in [5.41, 5.74) is 0.564. The fraction of sp³-hybridized carbons (Fsp3) is 0.474. The summed E-state index contributed by atoms with van der Waals surface area (Å²) in [6, 6.07) is 5.87. The van der Waals surface area contributed by atoms with Crippen LogP contribution in [0.5, 0.6) is 0 Å². The molecule has 3 rings (SSSR count). The number of benzene rings is 1. The van der Waals surface area contributed by atoms with Gasteiger partial charge in [0.2, 0.25) is 0 Å². The van der Waals surface area contributed by atoms with E-state index in [0.29, 0.717) is 29.6 Å². The standard InChI is InChI=1S/C19H21ClN2O2/c1-2-18(24)22(19(13-23)10-4-3-5-11-19)15-8-9-17(16(20)12-15)21-14-6-7-14/h1,8-9,12-14,21H,3-7,10-11H2. The van der Waals surface area contributed by atoms with Gasteiger partial charge in [-0.25, -0.2) is 0 Å². The maximum Gasteiger partial charge on any atom is 0.303 e. The zero-order chi connectivity index (χ0) is 17.2. The molecular formula is C19H21ClN2O2. The average Bonchev–Trinajstić information content (AvgIpc) is 3.42. The molecule has 126 valence electrons. The number of anilines is 2. The van der Waals surface area contributed by atoms with E-state index in [1.54, 1.807) is 6.07 Å². The minimum Gasteiger partial charge on any atom is -0.381 e. The lowest BCUT2D eigenvalue weighted by Gasteiger charge is -2.41. The lowest BCUT2D eigenvalue weighted by atomic mass is 9.81. The van der Waals surface area contributed by atoms with E-state index in [4.69, 9.17) is 18.0 Å². The summed E-state index contributed by atoms with van der Waals surface area (Å²) in [6.45, 7) is 0. The number of carbonyl (C=O) groups is 2. The van der Waals surface area contributed by atoms with E-state index in [1.807, 2.05) is 12.1 Å². The van der Waals surface area contributed by atoms with Crippen molar-refractivity contribution >= 4 is 35.2 Å². The molecule has 1 aromatic carbocycles. The predicted octanol–water partition coefficient (Wildman–Crippen LogP) is 3.78. The molecule has 0 aliphatic heterocycles. The van der Waals surface area contributed by atoms with Crippen molar-refractivity contribution in [2.24, 2.45) is 0 Å². The van der Waals surface area contributed by atoms with Gasteiger partial charge in [-0.15, -0.1) is 6.42 Å². The first-order valence-electron chi connectivity index (χ1n) is 8.43. The molecule has 0 saturated heterocycles. The van der Waals surface area contributed by atoms with E-state index in [2.05, 4.69) is 11.2 Å². The van der Waals surface area contributed by atoms with Gasteiger partial charge in [-0.1, -0.05) is 30.9 Å². The van der Waals surface area contributed by atoms with Gasteiger partial charge in [-0.05, 0) is 49.8 Å². The van der Waals surface area contributed by atoms with Gasteiger partial charge in [0.1, 0.15) is 11.8 Å².